The van der Waals surface area contributed by atoms with Crippen LogP contribution in [0.2, 0.25) is 5.02 Å². The third kappa shape index (κ3) is 3.45. The number of amides is 1. The maximum Gasteiger partial charge on any atom is 0.261 e. The molecule has 0 bridgehead atoms. The van der Waals surface area contributed by atoms with E-state index in [1.54, 1.807) is 0 Å². The Morgan fingerprint density at radius 3 is 2.62 bits per heavy atom. The molecule has 1 aromatic heterocycles. The lowest BCUT2D eigenvalue weighted by Gasteiger charge is -2.04. The number of nitrogens with zero attached hydrogens (tertiary/aromatic N) is 1. The van der Waals surface area contributed by atoms with E-state index in [4.69, 9.17) is 28.3 Å². The number of nitrogen functional groups attached to an aromatic ring is 1. The first-order valence-electron chi connectivity index (χ1n) is 6.13. The molecule has 2 rings (SSSR count). The van der Waals surface area contributed by atoms with Gasteiger partial charge in [0, 0.05) is 11.6 Å². The first kappa shape index (κ1) is 15.2. The second-order valence-corrected chi connectivity index (χ2v) is 5.79. The molecule has 1 amide bonds. The molecule has 7 heteroatoms. The lowest BCUT2D eigenvalue weighted by Crippen LogP contribution is -2.10. The molecule has 2 aromatic rings. The molecule has 0 unspecified atom stereocenters. The van der Waals surface area contributed by atoms with Crippen molar-refractivity contribution in [2.24, 2.45) is 5.73 Å². The molecule has 1 heterocycles. The molecule has 0 aliphatic rings. The van der Waals surface area contributed by atoms with E-state index in [-0.39, 0.29) is 16.1 Å². The molecule has 0 saturated carbocycles. The van der Waals surface area contributed by atoms with E-state index in [1.165, 1.54) is 0 Å². The number of carbonyl (C=O) groups is 1. The van der Waals surface area contributed by atoms with Gasteiger partial charge in [-0.2, -0.15) is 5.26 Å². The Kier molecular flexibility index (Phi) is 4.68. The van der Waals surface area contributed by atoms with Crippen molar-refractivity contribution < 1.29 is 4.79 Å². The van der Waals surface area contributed by atoms with Crippen LogP contribution in [0.25, 0.3) is 0 Å². The normalized spacial score (nSPS) is 10.1. The third-order valence-corrected chi connectivity index (χ3v) is 4.32. The predicted octanol–water partition coefficient (Wildman–Crippen LogP) is 2.61. The van der Waals surface area contributed by atoms with Gasteiger partial charge in [0.1, 0.15) is 21.5 Å². The summed E-state index contributed by atoms with van der Waals surface area (Å²) in [4.78, 5) is 11.4. The fourth-order valence-corrected chi connectivity index (χ4v) is 2.91. The van der Waals surface area contributed by atoms with Crippen LogP contribution in [0.3, 0.4) is 0 Å². The number of rotatable bonds is 5. The van der Waals surface area contributed by atoms with E-state index in [9.17, 15) is 4.79 Å². The molecular formula is C14H13ClN4OS. The summed E-state index contributed by atoms with van der Waals surface area (Å²) >= 11 is 6.93. The molecule has 5 N–H and O–H groups in total. The Labute approximate surface area is 131 Å². The highest BCUT2D eigenvalue weighted by molar-refractivity contribution is 7.18. The van der Waals surface area contributed by atoms with Crippen LogP contribution in [-0.2, 0) is 6.42 Å². The first-order chi connectivity index (χ1) is 10.0. The molecule has 0 atom stereocenters. The monoisotopic (exact) mass is 320 g/mol. The van der Waals surface area contributed by atoms with Crippen LogP contribution >= 0.6 is 22.9 Å². The average Bonchev–Trinajstić information content (AvgIpc) is 2.77. The molecule has 5 nitrogen and oxygen atoms in total. The van der Waals surface area contributed by atoms with E-state index < -0.39 is 5.91 Å². The maximum atomic E-state index is 11.2. The van der Waals surface area contributed by atoms with E-state index in [0.717, 1.165) is 23.3 Å². The number of halogens is 1. The summed E-state index contributed by atoms with van der Waals surface area (Å²) in [7, 11) is 0. The van der Waals surface area contributed by atoms with E-state index >= 15 is 0 Å². The zero-order chi connectivity index (χ0) is 15.4. The molecule has 0 aliphatic heterocycles. The number of nitrogens with one attached hydrogen (secondary N) is 1. The van der Waals surface area contributed by atoms with Crippen LogP contribution in [0.1, 0.15) is 20.8 Å². The molecule has 0 radical (unpaired) electrons. The minimum Gasteiger partial charge on any atom is -0.396 e. The van der Waals surface area contributed by atoms with Gasteiger partial charge in [-0.05, 0) is 24.1 Å². The lowest BCUT2D eigenvalue weighted by atomic mass is 10.1. The van der Waals surface area contributed by atoms with Crippen molar-refractivity contribution in [1.82, 2.24) is 0 Å². The summed E-state index contributed by atoms with van der Waals surface area (Å²) in [5.74, 6) is -0.625. The summed E-state index contributed by atoms with van der Waals surface area (Å²) in [6.45, 7) is 0.606. The number of nitriles is 1. The van der Waals surface area contributed by atoms with Crippen molar-refractivity contribution >= 4 is 39.5 Å². The highest BCUT2D eigenvalue weighted by Crippen LogP contribution is 2.34. The minimum atomic E-state index is -0.625. The van der Waals surface area contributed by atoms with Crippen LogP contribution in [0.5, 0.6) is 0 Å². The quantitative estimate of drug-likeness (QED) is 0.787. The molecule has 0 saturated heterocycles. The van der Waals surface area contributed by atoms with Gasteiger partial charge in [-0.1, -0.05) is 23.7 Å². The Balaban J connectivity index is 2.06. The van der Waals surface area contributed by atoms with Crippen molar-refractivity contribution in [2.75, 3.05) is 17.6 Å². The molecule has 108 valence electrons. The molecule has 0 aliphatic carbocycles. The summed E-state index contributed by atoms with van der Waals surface area (Å²) in [5, 5.41) is 13.5. The van der Waals surface area contributed by atoms with Gasteiger partial charge in [0.2, 0.25) is 0 Å². The maximum absolute atomic E-state index is 11.2. The van der Waals surface area contributed by atoms with Crippen molar-refractivity contribution in [3.63, 3.8) is 0 Å². The van der Waals surface area contributed by atoms with Gasteiger partial charge in [0.25, 0.3) is 5.91 Å². The fourth-order valence-electron chi connectivity index (χ4n) is 1.83. The molecule has 21 heavy (non-hydrogen) atoms. The van der Waals surface area contributed by atoms with Crippen LogP contribution < -0.4 is 16.8 Å². The van der Waals surface area contributed by atoms with Gasteiger partial charge >= 0.3 is 0 Å². The molecular weight excluding hydrogens is 308 g/mol. The number of hydrogen-bond acceptors (Lipinski definition) is 5. The SMILES string of the molecule is N#Cc1c(NCCc2ccc(Cl)cc2)sc(C(N)=O)c1N. The molecule has 0 spiro atoms. The van der Waals surface area contributed by atoms with Gasteiger partial charge in [0.15, 0.2) is 0 Å². The molecule has 0 fully saturated rings. The summed E-state index contributed by atoms with van der Waals surface area (Å²) in [6.07, 6.45) is 0.756. The minimum absolute atomic E-state index is 0.143. The number of hydrogen-bond donors (Lipinski definition) is 3. The smallest absolute Gasteiger partial charge is 0.261 e. The fraction of sp³-hybridized carbons (Fsp3) is 0.143. The van der Waals surface area contributed by atoms with E-state index in [1.807, 2.05) is 30.3 Å². The average molecular weight is 321 g/mol. The first-order valence-corrected chi connectivity index (χ1v) is 7.33. The Morgan fingerprint density at radius 1 is 1.38 bits per heavy atom. The van der Waals surface area contributed by atoms with Crippen molar-refractivity contribution in [3.8, 4) is 6.07 Å². The van der Waals surface area contributed by atoms with Gasteiger partial charge in [0.05, 0.1) is 5.69 Å². The summed E-state index contributed by atoms with van der Waals surface area (Å²) in [5.41, 5.74) is 12.5. The highest BCUT2D eigenvalue weighted by Gasteiger charge is 2.18. The highest BCUT2D eigenvalue weighted by atomic mass is 35.5. The van der Waals surface area contributed by atoms with Crippen LogP contribution in [-0.4, -0.2) is 12.5 Å². The third-order valence-electron chi connectivity index (χ3n) is 2.89. The standard InChI is InChI=1S/C14H13ClN4OS/c15-9-3-1-8(2-4-9)5-6-19-14-10(7-16)11(17)12(21-14)13(18)20/h1-4,19H,5-6,17H2,(H2,18,20). The summed E-state index contributed by atoms with van der Waals surface area (Å²) < 4.78 is 0. The largest absolute Gasteiger partial charge is 0.396 e. The van der Waals surface area contributed by atoms with Crippen LogP contribution in [0.4, 0.5) is 10.7 Å². The van der Waals surface area contributed by atoms with Crippen molar-refractivity contribution in [1.29, 1.82) is 5.26 Å². The Hall–Kier alpha value is -2.23. The van der Waals surface area contributed by atoms with Crippen LogP contribution in [0.15, 0.2) is 24.3 Å². The van der Waals surface area contributed by atoms with E-state index in [0.29, 0.717) is 16.6 Å². The van der Waals surface area contributed by atoms with Crippen LogP contribution in [0, 0.1) is 11.3 Å². The number of benzene rings is 1. The summed E-state index contributed by atoms with van der Waals surface area (Å²) in [6, 6.07) is 9.52. The second kappa shape index (κ2) is 6.48. The topological polar surface area (TPSA) is 105 Å². The number of primary amides is 1. The van der Waals surface area contributed by atoms with Crippen molar-refractivity contribution in [3.05, 3.63) is 45.3 Å². The zero-order valence-corrected chi connectivity index (χ0v) is 12.6. The lowest BCUT2D eigenvalue weighted by molar-refractivity contribution is 0.100. The van der Waals surface area contributed by atoms with Gasteiger partial charge in [-0.3, -0.25) is 4.79 Å². The number of carbonyl (C=O) groups excluding carboxylic acids is 1. The van der Waals surface area contributed by atoms with Gasteiger partial charge < -0.3 is 16.8 Å². The number of anilines is 2. The predicted molar refractivity (Wildman–Crippen MR) is 85.6 cm³/mol. The van der Waals surface area contributed by atoms with Gasteiger partial charge in [-0.25, -0.2) is 0 Å². The Morgan fingerprint density at radius 2 is 2.05 bits per heavy atom. The van der Waals surface area contributed by atoms with Crippen molar-refractivity contribution in [2.45, 2.75) is 6.42 Å². The van der Waals surface area contributed by atoms with E-state index in [2.05, 4.69) is 5.32 Å². The Bertz CT molecular complexity index is 703. The number of nitrogens with two attached hydrogens (primary N) is 2. The molecule has 1 aromatic carbocycles. The second-order valence-electron chi connectivity index (χ2n) is 4.33. The van der Waals surface area contributed by atoms with Gasteiger partial charge in [-0.15, -0.1) is 11.3 Å². The number of thiophene rings is 1. The zero-order valence-electron chi connectivity index (χ0n) is 11.0.